The van der Waals surface area contributed by atoms with E-state index in [2.05, 4.69) is 4.98 Å². The van der Waals surface area contributed by atoms with Crippen molar-refractivity contribution in [2.75, 3.05) is 39.4 Å². The van der Waals surface area contributed by atoms with E-state index >= 15 is 0 Å². The number of hydrogen-bond acceptors (Lipinski definition) is 5. The highest BCUT2D eigenvalue weighted by molar-refractivity contribution is 6.04. The molecular formula is C20H23N3O4. The fourth-order valence-corrected chi connectivity index (χ4v) is 3.64. The maximum atomic E-state index is 13.1. The summed E-state index contributed by atoms with van der Waals surface area (Å²) in [5.74, 6) is 0.140. The van der Waals surface area contributed by atoms with E-state index in [0.29, 0.717) is 43.2 Å². The smallest absolute Gasteiger partial charge is 0.276 e. The van der Waals surface area contributed by atoms with Gasteiger partial charge in [-0.3, -0.25) is 9.59 Å². The average Bonchev–Trinajstić information content (AvgIpc) is 3.23. The standard InChI is InChI=1S/C20H23N3O4/c24-19(22-8-4-1-5-9-22)16-7-3-2-6-15(16)18-17(21-14-27-18)20(25)23-10-12-26-13-11-23/h2-3,6-7,14H,1,4-5,8-13H2. The van der Waals surface area contributed by atoms with E-state index in [1.165, 1.54) is 6.39 Å². The third kappa shape index (κ3) is 3.60. The number of amides is 2. The fraction of sp³-hybridized carbons (Fsp3) is 0.450. The molecule has 2 amide bonds. The number of ether oxygens (including phenoxy) is 1. The minimum absolute atomic E-state index is 0.0218. The molecule has 0 N–H and O–H groups in total. The molecule has 7 heteroatoms. The van der Waals surface area contributed by atoms with Crippen molar-refractivity contribution in [2.24, 2.45) is 0 Å². The number of rotatable bonds is 3. The van der Waals surface area contributed by atoms with Gasteiger partial charge in [0.15, 0.2) is 17.8 Å². The molecule has 7 nitrogen and oxygen atoms in total. The summed E-state index contributed by atoms with van der Waals surface area (Å²) in [6.07, 6.45) is 4.48. The third-order valence-electron chi connectivity index (χ3n) is 5.11. The van der Waals surface area contributed by atoms with Gasteiger partial charge in [-0.1, -0.05) is 18.2 Å². The van der Waals surface area contributed by atoms with Crippen LogP contribution in [0.1, 0.15) is 40.1 Å². The summed E-state index contributed by atoms with van der Waals surface area (Å²) in [5.41, 5.74) is 1.41. The molecule has 0 atom stereocenters. The average molecular weight is 369 g/mol. The number of morpholine rings is 1. The van der Waals surface area contributed by atoms with Crippen LogP contribution in [0.25, 0.3) is 11.3 Å². The Morgan fingerprint density at radius 2 is 1.59 bits per heavy atom. The number of carbonyl (C=O) groups excluding carboxylic acids is 2. The predicted octanol–water partition coefficient (Wildman–Crippen LogP) is 2.44. The van der Waals surface area contributed by atoms with Crippen molar-refractivity contribution < 1.29 is 18.7 Å². The van der Waals surface area contributed by atoms with Crippen LogP contribution >= 0.6 is 0 Å². The number of nitrogens with zero attached hydrogens (tertiary/aromatic N) is 3. The van der Waals surface area contributed by atoms with E-state index in [9.17, 15) is 9.59 Å². The summed E-state index contributed by atoms with van der Waals surface area (Å²) < 4.78 is 10.9. The number of piperidine rings is 1. The molecule has 1 aromatic heterocycles. The predicted molar refractivity (Wildman–Crippen MR) is 98.4 cm³/mol. The zero-order chi connectivity index (χ0) is 18.6. The van der Waals surface area contributed by atoms with Crippen molar-refractivity contribution in [3.05, 3.63) is 41.9 Å². The van der Waals surface area contributed by atoms with Crippen molar-refractivity contribution in [1.82, 2.24) is 14.8 Å². The van der Waals surface area contributed by atoms with E-state index in [1.54, 1.807) is 11.0 Å². The lowest BCUT2D eigenvalue weighted by atomic mass is 10.0. The van der Waals surface area contributed by atoms with Crippen LogP contribution in [0.2, 0.25) is 0 Å². The molecule has 3 heterocycles. The largest absolute Gasteiger partial charge is 0.443 e. The fourth-order valence-electron chi connectivity index (χ4n) is 3.64. The molecule has 2 aromatic rings. The van der Waals surface area contributed by atoms with Gasteiger partial charge >= 0.3 is 0 Å². The second kappa shape index (κ2) is 7.92. The molecule has 2 saturated heterocycles. The van der Waals surface area contributed by atoms with Crippen molar-refractivity contribution in [2.45, 2.75) is 19.3 Å². The molecule has 142 valence electrons. The minimum atomic E-state index is -0.192. The maximum absolute atomic E-state index is 13.1. The molecule has 0 spiro atoms. The first kappa shape index (κ1) is 17.7. The maximum Gasteiger partial charge on any atom is 0.276 e. The molecule has 27 heavy (non-hydrogen) atoms. The zero-order valence-corrected chi connectivity index (χ0v) is 15.2. The molecule has 2 aliphatic heterocycles. The van der Waals surface area contributed by atoms with Crippen molar-refractivity contribution >= 4 is 11.8 Å². The Morgan fingerprint density at radius 1 is 0.889 bits per heavy atom. The first-order valence-electron chi connectivity index (χ1n) is 9.45. The summed E-state index contributed by atoms with van der Waals surface area (Å²) in [7, 11) is 0. The van der Waals surface area contributed by atoms with Crippen LogP contribution in [0.15, 0.2) is 35.1 Å². The number of likely N-dealkylation sites (tertiary alicyclic amines) is 1. The molecule has 2 fully saturated rings. The summed E-state index contributed by atoms with van der Waals surface area (Å²) in [6.45, 7) is 3.62. The summed E-state index contributed by atoms with van der Waals surface area (Å²) >= 11 is 0. The SMILES string of the molecule is O=C(c1ccccc1-c1ocnc1C(=O)N1CCOCC1)N1CCCCC1. The lowest BCUT2D eigenvalue weighted by Crippen LogP contribution is -2.41. The molecule has 0 saturated carbocycles. The van der Waals surface area contributed by atoms with Gasteiger partial charge in [0.1, 0.15) is 0 Å². The molecule has 0 aliphatic carbocycles. The van der Waals surface area contributed by atoms with Crippen LogP contribution in [0.3, 0.4) is 0 Å². The number of oxazole rings is 1. The van der Waals surface area contributed by atoms with Crippen molar-refractivity contribution in [3.8, 4) is 11.3 Å². The Labute approximate surface area is 157 Å². The molecule has 2 aliphatic rings. The number of hydrogen-bond donors (Lipinski definition) is 0. The minimum Gasteiger partial charge on any atom is -0.443 e. The van der Waals surface area contributed by atoms with Crippen LogP contribution in [0.4, 0.5) is 0 Å². The normalized spacial score (nSPS) is 17.8. The first-order valence-corrected chi connectivity index (χ1v) is 9.45. The van der Waals surface area contributed by atoms with Gasteiger partial charge in [-0.2, -0.15) is 0 Å². The van der Waals surface area contributed by atoms with Gasteiger partial charge in [0, 0.05) is 31.7 Å². The van der Waals surface area contributed by atoms with Gasteiger partial charge in [0.25, 0.3) is 11.8 Å². The quantitative estimate of drug-likeness (QED) is 0.831. The van der Waals surface area contributed by atoms with E-state index < -0.39 is 0 Å². The Hall–Kier alpha value is -2.67. The van der Waals surface area contributed by atoms with Gasteiger partial charge in [-0.25, -0.2) is 4.98 Å². The molecule has 0 unspecified atom stereocenters. The van der Waals surface area contributed by atoms with Crippen LogP contribution < -0.4 is 0 Å². The Bertz CT molecular complexity index is 820. The van der Waals surface area contributed by atoms with Crippen molar-refractivity contribution in [3.63, 3.8) is 0 Å². The zero-order valence-electron chi connectivity index (χ0n) is 15.2. The van der Waals surface area contributed by atoms with Crippen LogP contribution in [-0.4, -0.2) is 66.0 Å². The van der Waals surface area contributed by atoms with Gasteiger partial charge in [0.05, 0.1) is 18.8 Å². The van der Waals surface area contributed by atoms with Crippen LogP contribution in [-0.2, 0) is 4.74 Å². The van der Waals surface area contributed by atoms with E-state index in [-0.39, 0.29) is 17.5 Å². The highest BCUT2D eigenvalue weighted by Crippen LogP contribution is 2.29. The van der Waals surface area contributed by atoms with Gasteiger partial charge in [-0.05, 0) is 25.3 Å². The van der Waals surface area contributed by atoms with Crippen LogP contribution in [0, 0.1) is 0 Å². The molecule has 4 rings (SSSR count). The summed E-state index contributed by atoms with van der Waals surface area (Å²) in [4.78, 5) is 33.7. The molecule has 0 bridgehead atoms. The Morgan fingerprint density at radius 3 is 2.37 bits per heavy atom. The lowest BCUT2D eigenvalue weighted by molar-refractivity contribution is 0.0299. The second-order valence-corrected chi connectivity index (χ2v) is 6.83. The highest BCUT2D eigenvalue weighted by atomic mass is 16.5. The monoisotopic (exact) mass is 369 g/mol. The number of aromatic nitrogens is 1. The third-order valence-corrected chi connectivity index (χ3v) is 5.11. The second-order valence-electron chi connectivity index (χ2n) is 6.83. The molecule has 1 aromatic carbocycles. The molecular weight excluding hydrogens is 346 g/mol. The van der Waals surface area contributed by atoms with Gasteiger partial charge in [-0.15, -0.1) is 0 Å². The Kier molecular flexibility index (Phi) is 5.20. The Balaban J connectivity index is 1.66. The van der Waals surface area contributed by atoms with E-state index in [0.717, 1.165) is 32.4 Å². The van der Waals surface area contributed by atoms with Crippen LogP contribution in [0.5, 0.6) is 0 Å². The first-order chi connectivity index (χ1) is 13.3. The van der Waals surface area contributed by atoms with E-state index in [1.807, 2.05) is 23.1 Å². The topological polar surface area (TPSA) is 75.9 Å². The summed E-state index contributed by atoms with van der Waals surface area (Å²) in [5, 5.41) is 0. The molecule has 0 radical (unpaired) electrons. The van der Waals surface area contributed by atoms with Gasteiger partial charge in [0.2, 0.25) is 0 Å². The van der Waals surface area contributed by atoms with Gasteiger partial charge < -0.3 is 19.0 Å². The summed E-state index contributed by atoms with van der Waals surface area (Å²) in [6, 6.07) is 7.28. The van der Waals surface area contributed by atoms with Crippen molar-refractivity contribution in [1.29, 1.82) is 0 Å². The lowest BCUT2D eigenvalue weighted by Gasteiger charge is -2.27. The number of benzene rings is 1. The van der Waals surface area contributed by atoms with E-state index in [4.69, 9.17) is 9.15 Å². The highest BCUT2D eigenvalue weighted by Gasteiger charge is 2.28. The number of carbonyl (C=O) groups is 2.